The van der Waals surface area contributed by atoms with Gasteiger partial charge >= 0.3 is 5.97 Å². The van der Waals surface area contributed by atoms with Crippen LogP contribution in [0.4, 0.5) is 5.13 Å². The molecule has 0 atom stereocenters. The van der Waals surface area contributed by atoms with Gasteiger partial charge in [0.05, 0.1) is 17.5 Å². The molecule has 2 N–H and O–H groups in total. The summed E-state index contributed by atoms with van der Waals surface area (Å²) in [5.74, 6) is -0.934. The third-order valence-electron chi connectivity index (χ3n) is 2.48. The topological polar surface area (TPSA) is 74.6 Å². The van der Waals surface area contributed by atoms with Crippen LogP contribution in [-0.2, 0) is 0 Å². The Morgan fingerprint density at radius 3 is 2.89 bits per heavy atom. The van der Waals surface area contributed by atoms with Crippen molar-refractivity contribution in [3.8, 4) is 0 Å². The van der Waals surface area contributed by atoms with Crippen molar-refractivity contribution < 1.29 is 9.90 Å². The third-order valence-corrected chi connectivity index (χ3v) is 3.35. The summed E-state index contributed by atoms with van der Waals surface area (Å²) in [4.78, 5) is 15.2. The first kappa shape index (κ1) is 13.2. The Balaban J connectivity index is 2.10. The minimum Gasteiger partial charge on any atom is -0.478 e. The SMILES string of the molecule is Cc1csc(NN=Cc2ccc(C)c(C(=O)O)c2)n1. The largest absolute Gasteiger partial charge is 0.478 e. The van der Waals surface area contributed by atoms with Crippen LogP contribution < -0.4 is 5.43 Å². The fourth-order valence-corrected chi connectivity index (χ4v) is 2.15. The Morgan fingerprint density at radius 1 is 1.47 bits per heavy atom. The van der Waals surface area contributed by atoms with Gasteiger partial charge in [-0.3, -0.25) is 5.43 Å². The smallest absolute Gasteiger partial charge is 0.335 e. The van der Waals surface area contributed by atoms with Crippen LogP contribution in [0.15, 0.2) is 28.7 Å². The van der Waals surface area contributed by atoms with E-state index in [0.29, 0.717) is 5.13 Å². The van der Waals surface area contributed by atoms with E-state index in [-0.39, 0.29) is 5.56 Å². The van der Waals surface area contributed by atoms with E-state index in [2.05, 4.69) is 15.5 Å². The van der Waals surface area contributed by atoms with Gasteiger partial charge in [-0.05, 0) is 31.0 Å². The summed E-state index contributed by atoms with van der Waals surface area (Å²) < 4.78 is 0. The number of carbonyl (C=O) groups is 1. The minimum atomic E-state index is -0.934. The van der Waals surface area contributed by atoms with Crippen LogP contribution >= 0.6 is 11.3 Å². The summed E-state index contributed by atoms with van der Waals surface area (Å²) in [6.07, 6.45) is 1.57. The molecule has 0 saturated carbocycles. The fraction of sp³-hybridized carbons (Fsp3) is 0.154. The maximum Gasteiger partial charge on any atom is 0.335 e. The number of benzene rings is 1. The summed E-state index contributed by atoms with van der Waals surface area (Å²) in [6.45, 7) is 3.67. The minimum absolute atomic E-state index is 0.286. The number of anilines is 1. The van der Waals surface area contributed by atoms with Crippen LogP contribution in [0, 0.1) is 13.8 Å². The lowest BCUT2D eigenvalue weighted by atomic mass is 10.1. The Hall–Kier alpha value is -2.21. The molecule has 0 bridgehead atoms. The van der Waals surface area contributed by atoms with Crippen LogP contribution in [0.3, 0.4) is 0 Å². The molecule has 0 amide bonds. The van der Waals surface area contributed by atoms with Gasteiger partial charge in [0.1, 0.15) is 0 Å². The molecule has 0 fully saturated rings. The van der Waals surface area contributed by atoms with Crippen LogP contribution in [0.5, 0.6) is 0 Å². The van der Waals surface area contributed by atoms with E-state index < -0.39 is 5.97 Å². The standard InChI is InChI=1S/C13H13N3O2S/c1-8-3-4-10(5-11(8)12(17)18)6-14-16-13-15-9(2)7-19-13/h3-7H,1-2H3,(H,15,16)(H,17,18). The van der Waals surface area contributed by atoms with Crippen LogP contribution in [0.25, 0.3) is 0 Å². The maximum absolute atomic E-state index is 11.0. The van der Waals surface area contributed by atoms with E-state index in [1.807, 2.05) is 18.4 Å². The summed E-state index contributed by atoms with van der Waals surface area (Å²) in [5, 5.41) is 15.7. The number of hydrogen-bond acceptors (Lipinski definition) is 5. The summed E-state index contributed by atoms with van der Waals surface area (Å²) in [5.41, 5.74) is 5.48. The molecule has 1 heterocycles. The Bertz CT molecular complexity index is 635. The zero-order valence-electron chi connectivity index (χ0n) is 10.5. The number of hydrazone groups is 1. The van der Waals surface area contributed by atoms with E-state index in [4.69, 9.17) is 5.11 Å². The third kappa shape index (κ3) is 3.38. The second-order valence-corrected chi connectivity index (χ2v) is 4.90. The molecule has 0 aliphatic carbocycles. The van der Waals surface area contributed by atoms with Crippen molar-refractivity contribution in [2.24, 2.45) is 5.10 Å². The molecule has 1 aromatic heterocycles. The highest BCUT2D eigenvalue weighted by Crippen LogP contribution is 2.14. The van der Waals surface area contributed by atoms with Gasteiger partial charge in [0, 0.05) is 5.38 Å². The monoisotopic (exact) mass is 275 g/mol. The molecular weight excluding hydrogens is 262 g/mol. The van der Waals surface area contributed by atoms with Gasteiger partial charge in [-0.1, -0.05) is 12.1 Å². The Morgan fingerprint density at radius 2 is 2.26 bits per heavy atom. The van der Waals surface area contributed by atoms with E-state index >= 15 is 0 Å². The quantitative estimate of drug-likeness (QED) is 0.664. The predicted molar refractivity (Wildman–Crippen MR) is 76.2 cm³/mol. The van der Waals surface area contributed by atoms with Crippen molar-refractivity contribution in [1.29, 1.82) is 0 Å². The summed E-state index contributed by atoms with van der Waals surface area (Å²) in [7, 11) is 0. The average molecular weight is 275 g/mol. The highest BCUT2D eigenvalue weighted by Gasteiger charge is 2.06. The zero-order chi connectivity index (χ0) is 13.8. The van der Waals surface area contributed by atoms with Crippen molar-refractivity contribution >= 4 is 28.7 Å². The lowest BCUT2D eigenvalue weighted by Gasteiger charge is -2.01. The van der Waals surface area contributed by atoms with Gasteiger partial charge in [0.25, 0.3) is 0 Å². The molecule has 1 aromatic carbocycles. The molecular formula is C13H13N3O2S. The van der Waals surface area contributed by atoms with Gasteiger partial charge in [-0.25, -0.2) is 9.78 Å². The summed E-state index contributed by atoms with van der Waals surface area (Å²) >= 11 is 1.47. The van der Waals surface area contributed by atoms with E-state index in [1.165, 1.54) is 11.3 Å². The molecule has 0 aliphatic rings. The van der Waals surface area contributed by atoms with Crippen molar-refractivity contribution in [1.82, 2.24) is 4.98 Å². The second-order valence-electron chi connectivity index (χ2n) is 4.04. The Kier molecular flexibility index (Phi) is 3.91. The van der Waals surface area contributed by atoms with Gasteiger partial charge in [0.2, 0.25) is 5.13 Å². The molecule has 2 aromatic rings. The van der Waals surface area contributed by atoms with Gasteiger partial charge < -0.3 is 5.11 Å². The molecule has 0 aliphatic heterocycles. The molecule has 0 spiro atoms. The van der Waals surface area contributed by atoms with Crippen molar-refractivity contribution in [3.63, 3.8) is 0 Å². The van der Waals surface area contributed by atoms with E-state index in [0.717, 1.165) is 16.8 Å². The first-order valence-corrected chi connectivity index (χ1v) is 6.49. The van der Waals surface area contributed by atoms with Crippen molar-refractivity contribution in [2.75, 3.05) is 5.43 Å². The predicted octanol–water partition coefficient (Wildman–Crippen LogP) is 2.90. The molecule has 0 unspecified atom stereocenters. The lowest BCUT2D eigenvalue weighted by Crippen LogP contribution is -2.01. The molecule has 0 radical (unpaired) electrons. The lowest BCUT2D eigenvalue weighted by molar-refractivity contribution is 0.0696. The van der Waals surface area contributed by atoms with E-state index in [1.54, 1.807) is 25.3 Å². The first-order chi connectivity index (χ1) is 9.06. The molecule has 5 nitrogen and oxygen atoms in total. The number of nitrogens with one attached hydrogen (secondary N) is 1. The number of aromatic nitrogens is 1. The zero-order valence-corrected chi connectivity index (χ0v) is 11.4. The maximum atomic E-state index is 11.0. The molecule has 0 saturated heterocycles. The Labute approximate surface area is 114 Å². The number of carboxylic acid groups (broad SMARTS) is 1. The van der Waals surface area contributed by atoms with E-state index in [9.17, 15) is 4.79 Å². The number of aryl methyl sites for hydroxylation is 2. The average Bonchev–Trinajstić information content (AvgIpc) is 2.77. The van der Waals surface area contributed by atoms with Crippen molar-refractivity contribution in [2.45, 2.75) is 13.8 Å². The molecule has 2 rings (SSSR count). The molecule has 19 heavy (non-hydrogen) atoms. The van der Waals surface area contributed by atoms with Crippen molar-refractivity contribution in [3.05, 3.63) is 46.0 Å². The van der Waals surface area contributed by atoms with Crippen LogP contribution in [-0.4, -0.2) is 22.3 Å². The van der Waals surface area contributed by atoms with Crippen LogP contribution in [0.1, 0.15) is 27.2 Å². The fourth-order valence-electron chi connectivity index (χ4n) is 1.52. The molecule has 6 heteroatoms. The van der Waals surface area contributed by atoms with Gasteiger partial charge in [0.15, 0.2) is 0 Å². The number of carboxylic acids is 1. The van der Waals surface area contributed by atoms with Gasteiger partial charge in [-0.15, -0.1) is 11.3 Å². The first-order valence-electron chi connectivity index (χ1n) is 5.61. The number of aromatic carboxylic acids is 1. The number of thiazole rings is 1. The van der Waals surface area contributed by atoms with Crippen LogP contribution in [0.2, 0.25) is 0 Å². The number of rotatable bonds is 4. The second kappa shape index (κ2) is 5.62. The highest BCUT2D eigenvalue weighted by atomic mass is 32.1. The highest BCUT2D eigenvalue weighted by molar-refractivity contribution is 7.13. The number of hydrogen-bond donors (Lipinski definition) is 2. The summed E-state index contributed by atoms with van der Waals surface area (Å²) in [6, 6.07) is 5.17. The van der Waals surface area contributed by atoms with Gasteiger partial charge in [-0.2, -0.15) is 5.10 Å². The normalized spacial score (nSPS) is 10.8. The molecule has 98 valence electrons. The number of nitrogens with zero attached hydrogens (tertiary/aromatic N) is 2.